The second kappa shape index (κ2) is 4.26. The van der Waals surface area contributed by atoms with Gasteiger partial charge in [0.05, 0.1) is 0 Å². The third-order valence-electron chi connectivity index (χ3n) is 3.20. The fourth-order valence-corrected chi connectivity index (χ4v) is 2.27. The Morgan fingerprint density at radius 2 is 2.06 bits per heavy atom. The Bertz CT molecular complexity index is 532. The first kappa shape index (κ1) is 11.0. The number of terminal acetylenes is 1. The zero-order valence-corrected chi connectivity index (χ0v) is 9.89. The molecule has 3 rings (SSSR count). The maximum absolute atomic E-state index is 11.9. The molecular weight excluding hydrogens is 230 g/mol. The minimum absolute atomic E-state index is 0.00528. The number of hydrogen-bond acceptors (Lipinski definition) is 3. The molecule has 4 heteroatoms. The molecule has 0 radical (unpaired) electrons. The normalized spacial score (nSPS) is 21.8. The summed E-state index contributed by atoms with van der Waals surface area (Å²) >= 11 is 0. The van der Waals surface area contributed by atoms with Gasteiger partial charge in [0.25, 0.3) is 0 Å². The largest absolute Gasteiger partial charge is 0.486 e. The van der Waals surface area contributed by atoms with E-state index in [1.807, 2.05) is 18.2 Å². The Morgan fingerprint density at radius 1 is 1.28 bits per heavy atom. The molecule has 0 aliphatic carbocycles. The van der Waals surface area contributed by atoms with Crippen LogP contribution >= 0.6 is 0 Å². The van der Waals surface area contributed by atoms with Crippen molar-refractivity contribution in [2.24, 2.45) is 5.92 Å². The molecule has 0 bridgehead atoms. The number of ether oxygens (including phenoxy) is 2. The second-order valence-electron chi connectivity index (χ2n) is 4.40. The lowest BCUT2D eigenvalue weighted by atomic mass is 10.1. The molecule has 4 nitrogen and oxygen atoms in total. The van der Waals surface area contributed by atoms with E-state index in [0.29, 0.717) is 31.9 Å². The summed E-state index contributed by atoms with van der Waals surface area (Å²) in [5.74, 6) is 4.13. The van der Waals surface area contributed by atoms with Crippen molar-refractivity contribution in [2.75, 3.05) is 24.7 Å². The first-order chi connectivity index (χ1) is 8.78. The van der Waals surface area contributed by atoms with Gasteiger partial charge in [-0.3, -0.25) is 4.79 Å². The van der Waals surface area contributed by atoms with Crippen molar-refractivity contribution < 1.29 is 14.3 Å². The molecular formula is C14H13NO3. The van der Waals surface area contributed by atoms with Crippen LogP contribution in [0.1, 0.15) is 6.42 Å². The average molecular weight is 243 g/mol. The summed E-state index contributed by atoms with van der Waals surface area (Å²) in [5, 5.41) is 0. The Hall–Kier alpha value is -2.15. The van der Waals surface area contributed by atoms with Gasteiger partial charge < -0.3 is 14.4 Å². The number of anilines is 1. The van der Waals surface area contributed by atoms with Gasteiger partial charge in [-0.15, -0.1) is 12.3 Å². The lowest BCUT2D eigenvalue weighted by Gasteiger charge is -2.22. The molecule has 2 heterocycles. The Labute approximate surface area is 105 Å². The van der Waals surface area contributed by atoms with Crippen LogP contribution in [0, 0.1) is 18.3 Å². The molecule has 2 aliphatic heterocycles. The van der Waals surface area contributed by atoms with Gasteiger partial charge in [-0.2, -0.15) is 0 Å². The molecule has 0 spiro atoms. The quantitative estimate of drug-likeness (QED) is 0.701. The highest BCUT2D eigenvalue weighted by molar-refractivity contribution is 5.96. The number of amides is 1. The van der Waals surface area contributed by atoms with Gasteiger partial charge in [0.2, 0.25) is 5.91 Å². The smallest absolute Gasteiger partial charge is 0.228 e. The molecule has 0 aromatic heterocycles. The van der Waals surface area contributed by atoms with Crippen LogP contribution in [0.4, 0.5) is 5.69 Å². The molecule has 1 aromatic carbocycles. The number of benzene rings is 1. The van der Waals surface area contributed by atoms with E-state index in [0.717, 1.165) is 11.4 Å². The molecule has 1 atom stereocenters. The maximum Gasteiger partial charge on any atom is 0.228 e. The van der Waals surface area contributed by atoms with E-state index in [-0.39, 0.29) is 11.8 Å². The first-order valence-electron chi connectivity index (χ1n) is 5.94. The van der Waals surface area contributed by atoms with E-state index in [1.54, 1.807) is 4.90 Å². The fraction of sp³-hybridized carbons (Fsp3) is 0.357. The van der Waals surface area contributed by atoms with E-state index < -0.39 is 0 Å². The predicted octanol–water partition coefficient (Wildman–Crippen LogP) is 1.44. The summed E-state index contributed by atoms with van der Waals surface area (Å²) in [6.07, 6.45) is 5.80. The van der Waals surface area contributed by atoms with Crippen molar-refractivity contribution in [3.8, 4) is 23.8 Å². The summed E-state index contributed by atoms with van der Waals surface area (Å²) in [6, 6.07) is 5.54. The van der Waals surface area contributed by atoms with Gasteiger partial charge >= 0.3 is 0 Å². The Balaban J connectivity index is 1.89. The molecule has 2 aliphatic rings. The van der Waals surface area contributed by atoms with E-state index >= 15 is 0 Å². The van der Waals surface area contributed by atoms with Crippen LogP contribution in [0.5, 0.6) is 11.5 Å². The summed E-state index contributed by atoms with van der Waals surface area (Å²) in [7, 11) is 0. The highest BCUT2D eigenvalue weighted by Crippen LogP contribution is 2.35. The lowest BCUT2D eigenvalue weighted by Crippen LogP contribution is -2.24. The van der Waals surface area contributed by atoms with Crippen molar-refractivity contribution in [2.45, 2.75) is 6.42 Å². The standard InChI is InChI=1S/C14H13NO3/c1-2-10-7-14(16)15(9-10)11-3-4-12-13(8-11)18-6-5-17-12/h1,3-4,8,10H,5-7,9H2. The Kier molecular flexibility index (Phi) is 2.60. The van der Waals surface area contributed by atoms with Crippen LogP contribution in [-0.4, -0.2) is 25.7 Å². The molecule has 1 unspecified atom stereocenters. The zero-order chi connectivity index (χ0) is 12.5. The van der Waals surface area contributed by atoms with Gasteiger partial charge in [0.1, 0.15) is 13.2 Å². The minimum Gasteiger partial charge on any atom is -0.486 e. The summed E-state index contributed by atoms with van der Waals surface area (Å²) < 4.78 is 11.0. The molecule has 1 aromatic rings. The predicted molar refractivity (Wildman–Crippen MR) is 66.7 cm³/mol. The van der Waals surface area contributed by atoms with Crippen LogP contribution in [0.25, 0.3) is 0 Å². The van der Waals surface area contributed by atoms with Crippen LogP contribution in [-0.2, 0) is 4.79 Å². The van der Waals surface area contributed by atoms with Crippen molar-refractivity contribution in [3.63, 3.8) is 0 Å². The number of carbonyl (C=O) groups excluding carboxylic acids is 1. The maximum atomic E-state index is 11.9. The number of nitrogens with zero attached hydrogens (tertiary/aromatic N) is 1. The monoisotopic (exact) mass is 243 g/mol. The van der Waals surface area contributed by atoms with E-state index in [4.69, 9.17) is 15.9 Å². The van der Waals surface area contributed by atoms with E-state index in [1.165, 1.54) is 0 Å². The fourth-order valence-electron chi connectivity index (χ4n) is 2.27. The first-order valence-corrected chi connectivity index (χ1v) is 5.94. The van der Waals surface area contributed by atoms with Gasteiger partial charge in [-0.05, 0) is 12.1 Å². The molecule has 92 valence electrons. The van der Waals surface area contributed by atoms with Gasteiger partial charge in [0.15, 0.2) is 11.5 Å². The van der Waals surface area contributed by atoms with Crippen LogP contribution in [0.2, 0.25) is 0 Å². The minimum atomic E-state index is 0.00528. The third kappa shape index (κ3) is 1.78. The Morgan fingerprint density at radius 3 is 2.78 bits per heavy atom. The second-order valence-corrected chi connectivity index (χ2v) is 4.40. The zero-order valence-electron chi connectivity index (χ0n) is 9.89. The third-order valence-corrected chi connectivity index (χ3v) is 3.20. The number of fused-ring (bicyclic) bond motifs is 1. The average Bonchev–Trinajstić information content (AvgIpc) is 2.79. The summed E-state index contributed by atoms with van der Waals surface area (Å²) in [4.78, 5) is 13.6. The van der Waals surface area contributed by atoms with Crippen molar-refractivity contribution in [1.29, 1.82) is 0 Å². The van der Waals surface area contributed by atoms with E-state index in [9.17, 15) is 4.79 Å². The molecule has 0 saturated carbocycles. The van der Waals surface area contributed by atoms with Crippen LogP contribution in [0.15, 0.2) is 18.2 Å². The van der Waals surface area contributed by atoms with Crippen LogP contribution in [0.3, 0.4) is 0 Å². The molecule has 1 saturated heterocycles. The highest BCUT2D eigenvalue weighted by Gasteiger charge is 2.30. The number of rotatable bonds is 1. The van der Waals surface area contributed by atoms with Crippen LogP contribution < -0.4 is 14.4 Å². The highest BCUT2D eigenvalue weighted by atomic mass is 16.6. The van der Waals surface area contributed by atoms with Crippen molar-refractivity contribution in [1.82, 2.24) is 0 Å². The lowest BCUT2D eigenvalue weighted by molar-refractivity contribution is -0.117. The number of carbonyl (C=O) groups is 1. The molecule has 1 fully saturated rings. The summed E-state index contributed by atoms with van der Waals surface area (Å²) in [5.41, 5.74) is 0.821. The van der Waals surface area contributed by atoms with Crippen molar-refractivity contribution in [3.05, 3.63) is 18.2 Å². The summed E-state index contributed by atoms with van der Waals surface area (Å²) in [6.45, 7) is 1.68. The van der Waals surface area contributed by atoms with Gasteiger partial charge in [-0.25, -0.2) is 0 Å². The topological polar surface area (TPSA) is 38.8 Å². The molecule has 0 N–H and O–H groups in total. The molecule has 1 amide bonds. The molecule has 18 heavy (non-hydrogen) atoms. The van der Waals surface area contributed by atoms with E-state index in [2.05, 4.69) is 5.92 Å². The SMILES string of the molecule is C#CC1CC(=O)N(c2ccc3c(c2)OCCO3)C1. The van der Waals surface area contributed by atoms with Crippen molar-refractivity contribution >= 4 is 11.6 Å². The van der Waals surface area contributed by atoms with Gasteiger partial charge in [-0.1, -0.05) is 0 Å². The number of hydrogen-bond donors (Lipinski definition) is 0. The van der Waals surface area contributed by atoms with Gasteiger partial charge in [0, 0.05) is 30.6 Å².